The molecule has 23 heavy (non-hydrogen) atoms. The highest BCUT2D eigenvalue weighted by Crippen LogP contribution is 2.22. The van der Waals surface area contributed by atoms with Gasteiger partial charge in [-0.3, -0.25) is 9.69 Å². The number of nitrogens with zero attached hydrogens (tertiary/aromatic N) is 2. The van der Waals surface area contributed by atoms with E-state index in [1.807, 2.05) is 36.1 Å². The molecular weight excluding hydrogens is 314 g/mol. The standard InChI is InChI=1S/C17H26ClN3O2/c1-2-5-15(19)17(22)21-10-8-20(9-11-21)12-13-23-16-7-4-3-6-14(16)18/h3-4,6-7,15H,2,5,8-13,19H2,1H3. The van der Waals surface area contributed by atoms with Crippen molar-refractivity contribution in [2.24, 2.45) is 5.73 Å². The summed E-state index contributed by atoms with van der Waals surface area (Å²) >= 11 is 6.06. The van der Waals surface area contributed by atoms with Crippen molar-refractivity contribution >= 4 is 17.5 Å². The van der Waals surface area contributed by atoms with Crippen LogP contribution in [0.25, 0.3) is 0 Å². The molecule has 1 aliphatic rings. The number of carbonyl (C=O) groups is 1. The Morgan fingerprint density at radius 3 is 2.65 bits per heavy atom. The van der Waals surface area contributed by atoms with Crippen molar-refractivity contribution in [2.45, 2.75) is 25.8 Å². The second-order valence-corrected chi connectivity index (χ2v) is 6.25. The van der Waals surface area contributed by atoms with E-state index in [0.29, 0.717) is 17.4 Å². The molecular formula is C17H26ClN3O2. The average molecular weight is 340 g/mol. The maximum atomic E-state index is 12.2. The predicted molar refractivity (Wildman–Crippen MR) is 92.9 cm³/mol. The van der Waals surface area contributed by atoms with Gasteiger partial charge in [0.25, 0.3) is 0 Å². The van der Waals surface area contributed by atoms with E-state index in [0.717, 1.165) is 45.6 Å². The molecule has 1 heterocycles. The molecule has 6 heteroatoms. The minimum absolute atomic E-state index is 0.0822. The predicted octanol–water partition coefficient (Wildman–Crippen LogP) is 1.99. The first-order chi connectivity index (χ1) is 11.1. The molecule has 5 nitrogen and oxygen atoms in total. The summed E-state index contributed by atoms with van der Waals surface area (Å²) in [5.74, 6) is 0.798. The first-order valence-corrected chi connectivity index (χ1v) is 8.63. The van der Waals surface area contributed by atoms with Gasteiger partial charge in [-0.1, -0.05) is 37.1 Å². The zero-order valence-corrected chi connectivity index (χ0v) is 14.5. The number of piperazine rings is 1. The quantitative estimate of drug-likeness (QED) is 0.825. The minimum atomic E-state index is -0.352. The van der Waals surface area contributed by atoms with Gasteiger partial charge in [-0.15, -0.1) is 0 Å². The molecule has 128 valence electrons. The van der Waals surface area contributed by atoms with Crippen molar-refractivity contribution in [3.63, 3.8) is 0 Å². The number of para-hydroxylation sites is 1. The Balaban J connectivity index is 1.69. The molecule has 0 aromatic heterocycles. The third kappa shape index (κ3) is 5.37. The highest BCUT2D eigenvalue weighted by Gasteiger charge is 2.24. The first-order valence-electron chi connectivity index (χ1n) is 8.26. The fraction of sp³-hybridized carbons (Fsp3) is 0.588. The molecule has 0 bridgehead atoms. The summed E-state index contributed by atoms with van der Waals surface area (Å²) in [5, 5.41) is 0.632. The second kappa shape index (κ2) is 9.11. The first kappa shape index (κ1) is 18.0. The van der Waals surface area contributed by atoms with E-state index in [4.69, 9.17) is 22.1 Å². The van der Waals surface area contributed by atoms with Crippen LogP contribution in [0.1, 0.15) is 19.8 Å². The largest absolute Gasteiger partial charge is 0.491 e. The summed E-state index contributed by atoms with van der Waals surface area (Å²) in [6.45, 7) is 6.66. The van der Waals surface area contributed by atoms with Gasteiger partial charge in [0.2, 0.25) is 5.91 Å². The van der Waals surface area contributed by atoms with Crippen LogP contribution >= 0.6 is 11.6 Å². The van der Waals surface area contributed by atoms with Crippen LogP contribution in [0.4, 0.5) is 0 Å². The van der Waals surface area contributed by atoms with Gasteiger partial charge < -0.3 is 15.4 Å². The molecule has 0 aliphatic carbocycles. The van der Waals surface area contributed by atoms with Crippen LogP contribution in [-0.4, -0.2) is 61.1 Å². The Hall–Kier alpha value is -1.30. The molecule has 1 amide bonds. The zero-order chi connectivity index (χ0) is 16.7. The van der Waals surface area contributed by atoms with E-state index >= 15 is 0 Å². The van der Waals surface area contributed by atoms with Crippen LogP contribution in [0.2, 0.25) is 5.02 Å². The smallest absolute Gasteiger partial charge is 0.239 e. The lowest BCUT2D eigenvalue weighted by Gasteiger charge is -2.35. The summed E-state index contributed by atoms with van der Waals surface area (Å²) < 4.78 is 5.71. The molecule has 1 atom stereocenters. The van der Waals surface area contributed by atoms with Gasteiger partial charge in [0.15, 0.2) is 0 Å². The SMILES string of the molecule is CCCC(N)C(=O)N1CCN(CCOc2ccccc2Cl)CC1. The Labute approximate surface area is 143 Å². The van der Waals surface area contributed by atoms with Crippen molar-refractivity contribution in [2.75, 3.05) is 39.3 Å². The molecule has 1 aromatic rings. The third-order valence-corrected chi connectivity index (χ3v) is 4.41. The molecule has 2 rings (SSSR count). The molecule has 0 radical (unpaired) electrons. The molecule has 1 aliphatic heterocycles. The van der Waals surface area contributed by atoms with E-state index < -0.39 is 0 Å². The van der Waals surface area contributed by atoms with Crippen molar-refractivity contribution in [1.29, 1.82) is 0 Å². The molecule has 0 saturated carbocycles. The van der Waals surface area contributed by atoms with Gasteiger partial charge in [0, 0.05) is 32.7 Å². The van der Waals surface area contributed by atoms with Crippen molar-refractivity contribution in [3.8, 4) is 5.75 Å². The van der Waals surface area contributed by atoms with Crippen LogP contribution in [0, 0.1) is 0 Å². The minimum Gasteiger partial charge on any atom is -0.491 e. The van der Waals surface area contributed by atoms with Crippen molar-refractivity contribution in [1.82, 2.24) is 9.80 Å². The summed E-state index contributed by atoms with van der Waals surface area (Å²) in [5.41, 5.74) is 5.91. The third-order valence-electron chi connectivity index (χ3n) is 4.10. The molecule has 2 N–H and O–H groups in total. The topological polar surface area (TPSA) is 58.8 Å². The van der Waals surface area contributed by atoms with E-state index in [-0.39, 0.29) is 11.9 Å². The lowest BCUT2D eigenvalue weighted by molar-refractivity contribution is -0.134. The summed E-state index contributed by atoms with van der Waals surface area (Å²) in [4.78, 5) is 16.4. The highest BCUT2D eigenvalue weighted by molar-refractivity contribution is 6.32. The number of hydrogen-bond acceptors (Lipinski definition) is 4. The number of carbonyl (C=O) groups excluding carboxylic acids is 1. The number of rotatable bonds is 7. The Bertz CT molecular complexity index is 504. The fourth-order valence-corrected chi connectivity index (χ4v) is 2.90. The number of benzene rings is 1. The average Bonchev–Trinajstić information content (AvgIpc) is 2.57. The molecule has 1 aromatic carbocycles. The fourth-order valence-electron chi connectivity index (χ4n) is 2.71. The maximum Gasteiger partial charge on any atom is 0.239 e. The normalized spacial score (nSPS) is 17.1. The zero-order valence-electron chi connectivity index (χ0n) is 13.7. The van der Waals surface area contributed by atoms with E-state index in [1.54, 1.807) is 0 Å². The van der Waals surface area contributed by atoms with Crippen LogP contribution in [0.3, 0.4) is 0 Å². The summed E-state index contributed by atoms with van der Waals surface area (Å²) in [7, 11) is 0. The van der Waals surface area contributed by atoms with E-state index in [2.05, 4.69) is 4.90 Å². The van der Waals surface area contributed by atoms with Gasteiger partial charge in [-0.05, 0) is 18.6 Å². The number of halogens is 1. The van der Waals surface area contributed by atoms with Crippen molar-refractivity contribution < 1.29 is 9.53 Å². The van der Waals surface area contributed by atoms with Crippen LogP contribution < -0.4 is 10.5 Å². The van der Waals surface area contributed by atoms with Crippen LogP contribution in [0.15, 0.2) is 24.3 Å². The van der Waals surface area contributed by atoms with Crippen molar-refractivity contribution in [3.05, 3.63) is 29.3 Å². The maximum absolute atomic E-state index is 12.2. The Kier molecular flexibility index (Phi) is 7.15. The van der Waals surface area contributed by atoms with Gasteiger partial charge >= 0.3 is 0 Å². The number of amides is 1. The molecule has 1 unspecified atom stereocenters. The molecule has 0 spiro atoms. The monoisotopic (exact) mass is 339 g/mol. The number of nitrogens with two attached hydrogens (primary N) is 1. The van der Waals surface area contributed by atoms with Gasteiger partial charge in [-0.2, -0.15) is 0 Å². The Morgan fingerprint density at radius 2 is 2.00 bits per heavy atom. The number of hydrogen-bond donors (Lipinski definition) is 1. The highest BCUT2D eigenvalue weighted by atomic mass is 35.5. The summed E-state index contributed by atoms with van der Waals surface area (Å²) in [6.07, 6.45) is 1.69. The number of ether oxygens (including phenoxy) is 1. The lowest BCUT2D eigenvalue weighted by atomic mass is 10.1. The summed E-state index contributed by atoms with van der Waals surface area (Å²) in [6, 6.07) is 7.13. The second-order valence-electron chi connectivity index (χ2n) is 5.84. The molecule has 1 fully saturated rings. The van der Waals surface area contributed by atoms with Crippen LogP contribution in [-0.2, 0) is 4.79 Å². The van der Waals surface area contributed by atoms with E-state index in [9.17, 15) is 4.79 Å². The van der Waals surface area contributed by atoms with Gasteiger partial charge in [-0.25, -0.2) is 0 Å². The Morgan fingerprint density at radius 1 is 1.30 bits per heavy atom. The van der Waals surface area contributed by atoms with Crippen LogP contribution in [0.5, 0.6) is 5.75 Å². The van der Waals surface area contributed by atoms with Gasteiger partial charge in [0.1, 0.15) is 12.4 Å². The van der Waals surface area contributed by atoms with E-state index in [1.165, 1.54) is 0 Å². The molecule has 1 saturated heterocycles. The van der Waals surface area contributed by atoms with Gasteiger partial charge in [0.05, 0.1) is 11.1 Å². The lowest BCUT2D eigenvalue weighted by Crippen LogP contribution is -2.53.